The van der Waals surface area contributed by atoms with Crippen LogP contribution in [0.1, 0.15) is 81.1 Å². The topological polar surface area (TPSA) is 3.24 Å². The third kappa shape index (κ3) is 9.67. The minimum atomic E-state index is 0.794. The van der Waals surface area contributed by atoms with E-state index in [-0.39, 0.29) is 0 Å². The number of rotatable bonds is 9. The van der Waals surface area contributed by atoms with Crippen molar-refractivity contribution in [1.82, 2.24) is 4.90 Å². The lowest BCUT2D eigenvalue weighted by atomic mass is 9.78. The molecule has 1 rings (SSSR count). The Kier molecular flexibility index (Phi) is 12.5. The van der Waals surface area contributed by atoms with Crippen LogP contribution in [0.4, 0.5) is 0 Å². The summed E-state index contributed by atoms with van der Waals surface area (Å²) in [4.78, 5) is 2.53. The van der Waals surface area contributed by atoms with E-state index in [0.29, 0.717) is 0 Å². The minimum absolute atomic E-state index is 0.794. The van der Waals surface area contributed by atoms with Gasteiger partial charge in [-0.3, -0.25) is 0 Å². The van der Waals surface area contributed by atoms with Gasteiger partial charge in [-0.1, -0.05) is 71.8 Å². The lowest BCUT2D eigenvalue weighted by Gasteiger charge is -2.30. The lowest BCUT2D eigenvalue weighted by Crippen LogP contribution is -2.28. The Bertz CT molecular complexity index is 375. The number of hydrogen-bond acceptors (Lipinski definition) is 1. The molecule has 1 aliphatic rings. The molecule has 0 saturated heterocycles. The standard InChI is InChI=1S/C21H39N.C2H6/c1-16(2)13-21(19(6)17(3)4)11-12-22(7)15-20-10-8-9-18(5)14-20;1-2/h9,14,16-17,19,21H,8,10-13,15H2,1-7H3;1-2H3. The maximum absolute atomic E-state index is 2.53. The highest BCUT2D eigenvalue weighted by Gasteiger charge is 2.21. The number of hydrogen-bond donors (Lipinski definition) is 0. The van der Waals surface area contributed by atoms with Crippen LogP contribution in [0.25, 0.3) is 0 Å². The molecule has 0 fully saturated rings. The molecule has 0 saturated carbocycles. The number of nitrogens with zero attached hydrogens (tertiary/aromatic N) is 1. The third-order valence-electron chi connectivity index (χ3n) is 5.29. The lowest BCUT2D eigenvalue weighted by molar-refractivity contribution is 0.201. The first kappa shape index (κ1) is 23.4. The summed E-state index contributed by atoms with van der Waals surface area (Å²) in [6, 6.07) is 0. The summed E-state index contributed by atoms with van der Waals surface area (Å²) in [6.07, 6.45) is 9.94. The van der Waals surface area contributed by atoms with E-state index in [1.54, 1.807) is 5.57 Å². The van der Waals surface area contributed by atoms with Gasteiger partial charge in [0.1, 0.15) is 0 Å². The van der Waals surface area contributed by atoms with Crippen LogP contribution in [-0.4, -0.2) is 25.0 Å². The Balaban J connectivity index is 0.00000254. The van der Waals surface area contributed by atoms with Crippen LogP contribution < -0.4 is 0 Å². The van der Waals surface area contributed by atoms with Crippen LogP contribution in [-0.2, 0) is 0 Å². The molecule has 2 atom stereocenters. The molecule has 0 aromatic rings. The first-order valence-electron chi connectivity index (χ1n) is 10.3. The molecule has 0 amide bonds. The molecule has 0 radical (unpaired) electrons. The fraction of sp³-hybridized carbons (Fsp3) is 0.826. The molecule has 2 unspecified atom stereocenters. The molecule has 0 heterocycles. The molecule has 0 N–H and O–H groups in total. The van der Waals surface area contributed by atoms with Gasteiger partial charge < -0.3 is 4.90 Å². The number of likely N-dealkylation sites (N-methyl/N-ethyl adjacent to an activating group) is 1. The monoisotopic (exact) mass is 335 g/mol. The van der Waals surface area contributed by atoms with Crippen molar-refractivity contribution in [2.45, 2.75) is 81.1 Å². The summed E-state index contributed by atoms with van der Waals surface area (Å²) in [6.45, 7) is 20.5. The first-order valence-corrected chi connectivity index (χ1v) is 10.3. The fourth-order valence-electron chi connectivity index (χ4n) is 3.62. The zero-order chi connectivity index (χ0) is 18.7. The molecule has 1 heteroatoms. The van der Waals surface area contributed by atoms with E-state index in [1.807, 2.05) is 13.8 Å². The summed E-state index contributed by atoms with van der Waals surface area (Å²) in [7, 11) is 2.29. The molecule has 1 nitrogen and oxygen atoms in total. The second-order valence-corrected chi connectivity index (χ2v) is 8.31. The Morgan fingerprint density at radius 1 is 1.08 bits per heavy atom. The van der Waals surface area contributed by atoms with Gasteiger partial charge in [0.05, 0.1) is 0 Å². The predicted molar refractivity (Wildman–Crippen MR) is 111 cm³/mol. The van der Waals surface area contributed by atoms with Crippen molar-refractivity contribution in [2.75, 3.05) is 20.1 Å². The Labute approximate surface area is 153 Å². The minimum Gasteiger partial charge on any atom is -0.302 e. The van der Waals surface area contributed by atoms with Crippen LogP contribution in [0.5, 0.6) is 0 Å². The average molecular weight is 336 g/mol. The Morgan fingerprint density at radius 3 is 2.21 bits per heavy atom. The Hall–Kier alpha value is -0.560. The quantitative estimate of drug-likeness (QED) is 0.440. The van der Waals surface area contributed by atoms with Gasteiger partial charge in [0, 0.05) is 6.54 Å². The molecule has 0 aromatic carbocycles. The van der Waals surface area contributed by atoms with Crippen molar-refractivity contribution in [3.8, 4) is 0 Å². The normalized spacial score (nSPS) is 17.3. The van der Waals surface area contributed by atoms with E-state index in [2.05, 4.69) is 65.6 Å². The van der Waals surface area contributed by atoms with Crippen LogP contribution in [0, 0.1) is 23.7 Å². The van der Waals surface area contributed by atoms with E-state index < -0.39 is 0 Å². The molecule has 0 aliphatic heterocycles. The Morgan fingerprint density at radius 2 is 1.71 bits per heavy atom. The smallest absolute Gasteiger partial charge is 0.0193 e. The van der Waals surface area contributed by atoms with E-state index in [0.717, 1.165) is 30.2 Å². The van der Waals surface area contributed by atoms with Gasteiger partial charge in [-0.05, 0) is 69.9 Å². The summed E-state index contributed by atoms with van der Waals surface area (Å²) in [5.41, 5.74) is 3.06. The van der Waals surface area contributed by atoms with E-state index in [4.69, 9.17) is 0 Å². The average Bonchev–Trinajstić information content (AvgIpc) is 2.52. The van der Waals surface area contributed by atoms with Gasteiger partial charge >= 0.3 is 0 Å². The van der Waals surface area contributed by atoms with Crippen LogP contribution in [0.3, 0.4) is 0 Å². The molecule has 142 valence electrons. The van der Waals surface area contributed by atoms with Crippen molar-refractivity contribution < 1.29 is 0 Å². The predicted octanol–water partition coefficient (Wildman–Crippen LogP) is 6.96. The molecular weight excluding hydrogens is 290 g/mol. The van der Waals surface area contributed by atoms with Crippen molar-refractivity contribution in [2.24, 2.45) is 23.7 Å². The molecule has 0 aromatic heterocycles. The van der Waals surface area contributed by atoms with Gasteiger partial charge in [0.25, 0.3) is 0 Å². The third-order valence-corrected chi connectivity index (χ3v) is 5.29. The first-order chi connectivity index (χ1) is 11.3. The number of allylic oxidation sites excluding steroid dienone is 3. The van der Waals surface area contributed by atoms with Crippen molar-refractivity contribution in [3.63, 3.8) is 0 Å². The molecule has 0 bridgehead atoms. The second-order valence-electron chi connectivity index (χ2n) is 8.31. The van der Waals surface area contributed by atoms with Gasteiger partial charge in [0.2, 0.25) is 0 Å². The van der Waals surface area contributed by atoms with Gasteiger partial charge in [-0.15, -0.1) is 0 Å². The highest BCUT2D eigenvalue weighted by molar-refractivity contribution is 5.26. The maximum Gasteiger partial charge on any atom is 0.0193 e. The van der Waals surface area contributed by atoms with Crippen molar-refractivity contribution in [3.05, 3.63) is 23.3 Å². The van der Waals surface area contributed by atoms with E-state index in [9.17, 15) is 0 Å². The molecule has 24 heavy (non-hydrogen) atoms. The molecule has 1 aliphatic carbocycles. The van der Waals surface area contributed by atoms with Crippen LogP contribution >= 0.6 is 0 Å². The fourth-order valence-corrected chi connectivity index (χ4v) is 3.62. The van der Waals surface area contributed by atoms with Crippen LogP contribution in [0.2, 0.25) is 0 Å². The summed E-state index contributed by atoms with van der Waals surface area (Å²) >= 11 is 0. The zero-order valence-corrected chi connectivity index (χ0v) is 18.2. The van der Waals surface area contributed by atoms with Crippen LogP contribution in [0.15, 0.2) is 23.3 Å². The summed E-state index contributed by atoms with van der Waals surface area (Å²) < 4.78 is 0. The van der Waals surface area contributed by atoms with E-state index in [1.165, 1.54) is 37.8 Å². The van der Waals surface area contributed by atoms with Gasteiger partial charge in [0.15, 0.2) is 0 Å². The summed E-state index contributed by atoms with van der Waals surface area (Å²) in [5.74, 6) is 3.30. The van der Waals surface area contributed by atoms with Gasteiger partial charge in [-0.25, -0.2) is 0 Å². The van der Waals surface area contributed by atoms with Crippen molar-refractivity contribution >= 4 is 0 Å². The largest absolute Gasteiger partial charge is 0.302 e. The SMILES string of the molecule is CC.CC1=CCCC(CN(C)CCC(CC(C)C)C(C)C(C)C)=C1. The molecular formula is C23H45N. The maximum atomic E-state index is 2.53. The highest BCUT2D eigenvalue weighted by atomic mass is 15.1. The second kappa shape index (κ2) is 12.8. The van der Waals surface area contributed by atoms with Crippen molar-refractivity contribution in [1.29, 1.82) is 0 Å². The van der Waals surface area contributed by atoms with E-state index >= 15 is 0 Å². The van der Waals surface area contributed by atoms with Gasteiger partial charge in [-0.2, -0.15) is 0 Å². The molecule has 0 spiro atoms. The zero-order valence-electron chi connectivity index (χ0n) is 18.2. The summed E-state index contributed by atoms with van der Waals surface area (Å²) in [5, 5.41) is 0. The highest BCUT2D eigenvalue weighted by Crippen LogP contribution is 2.29.